The summed E-state index contributed by atoms with van der Waals surface area (Å²) in [5.41, 5.74) is 0. The Bertz CT molecular complexity index is 40.8. The van der Waals surface area contributed by atoms with Crippen molar-refractivity contribution in [3.05, 3.63) is 0 Å². The monoisotopic (exact) mass is 171 g/mol. The van der Waals surface area contributed by atoms with Crippen molar-refractivity contribution in [3.63, 3.8) is 0 Å². The van der Waals surface area contributed by atoms with Gasteiger partial charge in [-0.3, -0.25) is 0 Å². The third-order valence-corrected chi connectivity index (χ3v) is 0. The van der Waals surface area contributed by atoms with Gasteiger partial charge in [0.15, 0.2) is 0 Å². The Balaban J connectivity index is 0. The fraction of sp³-hybridized carbons (Fsp3) is 1.00. The molecule has 0 saturated heterocycles. The molecule has 0 heterocycles. The number of halogens is 2. The zero-order valence-corrected chi connectivity index (χ0v) is 5.35. The molecule has 0 aromatic carbocycles. The van der Waals surface area contributed by atoms with Crippen LogP contribution in [0.15, 0.2) is 0 Å². The summed E-state index contributed by atoms with van der Waals surface area (Å²) < 4.78 is 16.8. The summed E-state index contributed by atoms with van der Waals surface area (Å²) in [5, 5.41) is 0.194. The Morgan fingerprint density at radius 2 is 1.33 bits per heavy atom. The molecule has 0 spiro atoms. The van der Waals surface area contributed by atoms with E-state index >= 15 is 0 Å². The molecule has 0 rings (SSSR count). The first kappa shape index (κ1) is 9.85. The van der Waals surface area contributed by atoms with Crippen LogP contribution in [0.25, 0.3) is 0 Å². The van der Waals surface area contributed by atoms with Gasteiger partial charge in [0.1, 0.15) is 0 Å². The number of hydrogen-bond donors (Lipinski definition) is 0. The van der Waals surface area contributed by atoms with E-state index in [-0.39, 0.29) is 5.34 Å². The number of rotatable bonds is 0. The summed E-state index contributed by atoms with van der Waals surface area (Å²) in [5.74, 6) is 0. The van der Waals surface area contributed by atoms with E-state index < -0.39 is 14.8 Å². The normalized spacial score (nSPS) is 5.00. The van der Waals surface area contributed by atoms with Crippen LogP contribution in [0.2, 0.25) is 0 Å². The molecule has 0 fully saturated rings. The van der Waals surface area contributed by atoms with Gasteiger partial charge in [0.05, 0.1) is 5.34 Å². The first-order valence-electron chi connectivity index (χ1n) is 0.843. The van der Waals surface area contributed by atoms with E-state index in [0.29, 0.717) is 0 Å². The zero-order chi connectivity index (χ0) is 5.41. The first-order chi connectivity index (χ1) is 2.83. The fourth-order valence-electron chi connectivity index (χ4n) is 0. The molecule has 0 bridgehead atoms. The van der Waals surface area contributed by atoms with E-state index in [1.54, 1.807) is 0 Å². The summed E-state index contributed by atoms with van der Waals surface area (Å²) in [7, 11) is 0. The van der Waals surface area contributed by atoms with Crippen LogP contribution in [0.5, 0.6) is 0 Å². The van der Waals surface area contributed by atoms with Crippen molar-refractivity contribution in [3.8, 4) is 0 Å². The summed E-state index contributed by atoms with van der Waals surface area (Å²) in [6.45, 7) is 0. The van der Waals surface area contributed by atoms with Gasteiger partial charge in [-0.1, -0.05) is 0 Å². The molecule has 0 amide bonds. The van der Waals surface area contributed by atoms with Crippen LogP contribution in [-0.2, 0) is 22.5 Å². The minimum absolute atomic E-state index is 0.194. The van der Waals surface area contributed by atoms with Crippen molar-refractivity contribution in [2.45, 2.75) is 0 Å². The third-order valence-electron chi connectivity index (χ3n) is 0. The van der Waals surface area contributed by atoms with Gasteiger partial charge < -0.3 is 0 Å². The summed E-state index contributed by atoms with van der Waals surface area (Å²) >= 11 is 8.09. The number of hydrogen-bond acceptors (Lipinski definition) is 2. The third kappa shape index (κ3) is 131. The van der Waals surface area contributed by atoms with E-state index in [1.165, 1.54) is 0 Å². The molecule has 0 aromatic heterocycles. The zero-order valence-electron chi connectivity index (χ0n) is 2.66. The molecule has 0 atom stereocenters. The first-order valence-corrected chi connectivity index (χ1v) is 2.88. The number of alkyl halides is 2. The molecule has 0 aliphatic rings. The second-order valence-corrected chi connectivity index (χ2v) is 1.17. The molecule has 6 heavy (non-hydrogen) atoms. The molecule has 0 saturated carbocycles. The van der Waals surface area contributed by atoms with Crippen molar-refractivity contribution >= 4 is 23.2 Å². The maximum absolute atomic E-state index is 8.41. The van der Waals surface area contributed by atoms with E-state index in [9.17, 15) is 0 Å². The van der Waals surface area contributed by atoms with Crippen molar-refractivity contribution in [2.75, 3.05) is 5.34 Å². The SMILES string of the molecule is ClCCl.[O]=[Mn]=[O]. The van der Waals surface area contributed by atoms with Crippen molar-refractivity contribution < 1.29 is 22.5 Å². The van der Waals surface area contributed by atoms with Crippen LogP contribution in [0.1, 0.15) is 0 Å². The molecular weight excluding hydrogens is 170 g/mol. The molecule has 0 aliphatic heterocycles. The Hall–Kier alpha value is 0.699. The van der Waals surface area contributed by atoms with Crippen molar-refractivity contribution in [1.29, 1.82) is 0 Å². The molecule has 0 aromatic rings. The average Bonchev–Trinajstić information content (AvgIpc) is 1.39. The van der Waals surface area contributed by atoms with Gasteiger partial charge in [-0.2, -0.15) is 0 Å². The van der Waals surface area contributed by atoms with E-state index in [1.807, 2.05) is 0 Å². The van der Waals surface area contributed by atoms with Gasteiger partial charge in [-0.25, -0.2) is 0 Å². The molecule has 0 N–H and O–H groups in total. The molecule has 2 nitrogen and oxygen atoms in total. The van der Waals surface area contributed by atoms with Crippen LogP contribution < -0.4 is 0 Å². The molecule has 0 aliphatic carbocycles. The van der Waals surface area contributed by atoms with Gasteiger partial charge in [0, 0.05) is 0 Å². The Morgan fingerprint density at radius 1 is 1.33 bits per heavy atom. The van der Waals surface area contributed by atoms with Crippen LogP contribution in [0.3, 0.4) is 0 Å². The Kier molecular flexibility index (Phi) is 28.4. The van der Waals surface area contributed by atoms with Gasteiger partial charge in [-0.15, -0.1) is 23.2 Å². The van der Waals surface area contributed by atoms with Crippen LogP contribution in [0, 0.1) is 0 Å². The topological polar surface area (TPSA) is 34.1 Å². The quantitative estimate of drug-likeness (QED) is 0.406. The molecule has 5 heteroatoms. The average molecular weight is 172 g/mol. The van der Waals surface area contributed by atoms with Gasteiger partial charge >= 0.3 is 22.5 Å². The summed E-state index contributed by atoms with van der Waals surface area (Å²) in [6.07, 6.45) is 0. The Labute approximate surface area is 51.4 Å². The summed E-state index contributed by atoms with van der Waals surface area (Å²) in [6, 6.07) is 0. The second-order valence-electron chi connectivity index (χ2n) is 0.164. The fourth-order valence-corrected chi connectivity index (χ4v) is 0. The second kappa shape index (κ2) is 17.3. The Morgan fingerprint density at radius 3 is 1.33 bits per heavy atom. The predicted octanol–water partition coefficient (Wildman–Crippen LogP) is 1.18. The molecule has 0 radical (unpaired) electrons. The summed E-state index contributed by atoms with van der Waals surface area (Å²) in [4.78, 5) is 0. The van der Waals surface area contributed by atoms with Gasteiger partial charge in [-0.05, 0) is 0 Å². The van der Waals surface area contributed by atoms with Crippen molar-refractivity contribution in [1.82, 2.24) is 0 Å². The van der Waals surface area contributed by atoms with E-state index in [2.05, 4.69) is 0 Å². The van der Waals surface area contributed by atoms with E-state index in [4.69, 9.17) is 30.9 Å². The predicted molar refractivity (Wildman–Crippen MR) is 17.9 cm³/mol. The standard InChI is InChI=1S/CH2Cl2.Mn.2O/c2-1-3;;;/h1H2;;;. The maximum atomic E-state index is 8.41. The van der Waals surface area contributed by atoms with Crippen LogP contribution in [0.4, 0.5) is 0 Å². The van der Waals surface area contributed by atoms with Gasteiger partial charge in [0.2, 0.25) is 0 Å². The molecule has 39 valence electrons. The van der Waals surface area contributed by atoms with E-state index in [0.717, 1.165) is 0 Å². The van der Waals surface area contributed by atoms with Gasteiger partial charge in [0.25, 0.3) is 0 Å². The molecular formula is CH2Cl2MnO2. The van der Waals surface area contributed by atoms with Crippen LogP contribution in [-0.4, -0.2) is 5.34 Å². The van der Waals surface area contributed by atoms with Crippen molar-refractivity contribution in [2.24, 2.45) is 0 Å². The van der Waals surface area contributed by atoms with Crippen LogP contribution >= 0.6 is 23.2 Å². The molecule has 0 unspecified atom stereocenters. The minimum atomic E-state index is -1.44.